The van der Waals surface area contributed by atoms with Crippen LogP contribution < -0.4 is 0 Å². The Morgan fingerprint density at radius 2 is 1.96 bits per heavy atom. The van der Waals surface area contributed by atoms with Gasteiger partial charge in [0.2, 0.25) is 5.82 Å². The molecule has 0 N–H and O–H groups in total. The standard InChI is InChI=1S/C20H20N4O2/c1-2-6-16(7-3-1)14-24-12-13-25-18(15-24)20-22-19(26-23-20)10-9-17-8-4-5-11-21-17/h1-11,18H,12-15H2. The molecule has 0 spiro atoms. The van der Waals surface area contributed by atoms with Crippen molar-refractivity contribution in [3.8, 4) is 0 Å². The fourth-order valence-electron chi connectivity index (χ4n) is 2.92. The van der Waals surface area contributed by atoms with E-state index in [-0.39, 0.29) is 6.10 Å². The second-order valence-electron chi connectivity index (χ2n) is 6.16. The number of aromatic nitrogens is 3. The van der Waals surface area contributed by atoms with Gasteiger partial charge in [0.15, 0.2) is 0 Å². The molecule has 1 unspecified atom stereocenters. The number of ether oxygens (including phenoxy) is 1. The molecule has 1 aliphatic rings. The number of rotatable bonds is 5. The molecule has 2 aromatic heterocycles. The molecule has 6 nitrogen and oxygen atoms in total. The van der Waals surface area contributed by atoms with E-state index in [2.05, 4.69) is 44.3 Å². The van der Waals surface area contributed by atoms with Gasteiger partial charge in [0.25, 0.3) is 5.89 Å². The summed E-state index contributed by atoms with van der Waals surface area (Å²) in [6.07, 6.45) is 5.19. The maximum atomic E-state index is 5.84. The first kappa shape index (κ1) is 16.6. The van der Waals surface area contributed by atoms with Crippen LogP contribution in [0.2, 0.25) is 0 Å². The number of hydrogen-bond donors (Lipinski definition) is 0. The molecule has 4 rings (SSSR count). The zero-order valence-electron chi connectivity index (χ0n) is 14.4. The monoisotopic (exact) mass is 348 g/mol. The van der Waals surface area contributed by atoms with Crippen molar-refractivity contribution in [1.29, 1.82) is 0 Å². The summed E-state index contributed by atoms with van der Waals surface area (Å²) in [4.78, 5) is 11.0. The highest BCUT2D eigenvalue weighted by atomic mass is 16.5. The average molecular weight is 348 g/mol. The summed E-state index contributed by atoms with van der Waals surface area (Å²) in [5.41, 5.74) is 2.13. The van der Waals surface area contributed by atoms with Gasteiger partial charge in [0, 0.05) is 31.9 Å². The lowest BCUT2D eigenvalue weighted by Gasteiger charge is -2.31. The molecule has 1 aromatic carbocycles. The minimum atomic E-state index is -0.173. The molecule has 0 bridgehead atoms. The van der Waals surface area contributed by atoms with Crippen LogP contribution in [0.1, 0.15) is 29.1 Å². The Morgan fingerprint density at radius 1 is 1.08 bits per heavy atom. The summed E-state index contributed by atoms with van der Waals surface area (Å²) in [5, 5.41) is 4.08. The largest absolute Gasteiger partial charge is 0.367 e. The second-order valence-corrected chi connectivity index (χ2v) is 6.16. The van der Waals surface area contributed by atoms with E-state index >= 15 is 0 Å². The SMILES string of the molecule is C(=Cc1nc(C2CN(Cc3ccccc3)CCO2)no1)c1ccccn1. The van der Waals surface area contributed by atoms with E-state index < -0.39 is 0 Å². The van der Waals surface area contributed by atoms with E-state index in [0.717, 1.165) is 25.3 Å². The molecule has 1 fully saturated rings. The summed E-state index contributed by atoms with van der Waals surface area (Å²) >= 11 is 0. The topological polar surface area (TPSA) is 64.3 Å². The predicted molar refractivity (Wildman–Crippen MR) is 97.9 cm³/mol. The fraction of sp³-hybridized carbons (Fsp3) is 0.250. The molecular weight excluding hydrogens is 328 g/mol. The minimum absolute atomic E-state index is 0.173. The lowest BCUT2D eigenvalue weighted by atomic mass is 10.2. The van der Waals surface area contributed by atoms with E-state index in [0.29, 0.717) is 18.3 Å². The van der Waals surface area contributed by atoms with Gasteiger partial charge in [-0.1, -0.05) is 41.6 Å². The molecule has 1 atom stereocenters. The van der Waals surface area contributed by atoms with E-state index in [9.17, 15) is 0 Å². The van der Waals surface area contributed by atoms with Gasteiger partial charge in [0.05, 0.1) is 12.3 Å². The molecule has 0 saturated carbocycles. The van der Waals surface area contributed by atoms with Crippen molar-refractivity contribution in [2.75, 3.05) is 19.7 Å². The maximum absolute atomic E-state index is 5.84. The molecule has 3 heterocycles. The van der Waals surface area contributed by atoms with Crippen molar-refractivity contribution in [2.45, 2.75) is 12.6 Å². The zero-order chi connectivity index (χ0) is 17.6. The Morgan fingerprint density at radius 3 is 2.81 bits per heavy atom. The normalized spacial score (nSPS) is 18.4. The molecule has 6 heteroatoms. The molecule has 0 amide bonds. The van der Waals surface area contributed by atoms with E-state index in [1.54, 1.807) is 12.3 Å². The quantitative estimate of drug-likeness (QED) is 0.705. The van der Waals surface area contributed by atoms with Crippen molar-refractivity contribution in [1.82, 2.24) is 20.0 Å². The summed E-state index contributed by atoms with van der Waals surface area (Å²) in [7, 11) is 0. The number of nitrogens with zero attached hydrogens (tertiary/aromatic N) is 4. The fourth-order valence-corrected chi connectivity index (χ4v) is 2.92. The van der Waals surface area contributed by atoms with Crippen LogP contribution in [-0.4, -0.2) is 39.7 Å². The van der Waals surface area contributed by atoms with E-state index in [1.807, 2.05) is 30.3 Å². The highest BCUT2D eigenvalue weighted by molar-refractivity contribution is 5.63. The van der Waals surface area contributed by atoms with Gasteiger partial charge in [-0.25, -0.2) is 0 Å². The first-order valence-electron chi connectivity index (χ1n) is 8.67. The Labute approximate surface area is 152 Å². The summed E-state index contributed by atoms with van der Waals surface area (Å²) in [5.74, 6) is 1.04. The van der Waals surface area contributed by atoms with Gasteiger partial charge < -0.3 is 9.26 Å². The lowest BCUT2D eigenvalue weighted by Crippen LogP contribution is -2.38. The summed E-state index contributed by atoms with van der Waals surface area (Å²) in [6.45, 7) is 3.20. The average Bonchev–Trinajstić information content (AvgIpc) is 3.17. The smallest absolute Gasteiger partial charge is 0.250 e. The van der Waals surface area contributed by atoms with Gasteiger partial charge >= 0.3 is 0 Å². The van der Waals surface area contributed by atoms with Crippen LogP contribution in [0.4, 0.5) is 0 Å². The third kappa shape index (κ3) is 4.22. The second kappa shape index (κ2) is 8.03. The van der Waals surface area contributed by atoms with Crippen LogP contribution in [0.25, 0.3) is 12.2 Å². The maximum Gasteiger partial charge on any atom is 0.250 e. The highest BCUT2D eigenvalue weighted by Gasteiger charge is 2.26. The van der Waals surface area contributed by atoms with Crippen LogP contribution in [0.5, 0.6) is 0 Å². The van der Waals surface area contributed by atoms with Gasteiger partial charge in [-0.3, -0.25) is 9.88 Å². The lowest BCUT2D eigenvalue weighted by molar-refractivity contribution is -0.0380. The van der Waals surface area contributed by atoms with Crippen molar-refractivity contribution in [3.63, 3.8) is 0 Å². The first-order chi connectivity index (χ1) is 12.9. The summed E-state index contributed by atoms with van der Waals surface area (Å²) < 4.78 is 11.2. The Balaban J connectivity index is 1.39. The molecular formula is C20H20N4O2. The third-order valence-electron chi connectivity index (χ3n) is 4.23. The number of benzene rings is 1. The Kier molecular flexibility index (Phi) is 5.14. The van der Waals surface area contributed by atoms with Crippen molar-refractivity contribution in [3.05, 3.63) is 77.7 Å². The zero-order valence-corrected chi connectivity index (χ0v) is 14.4. The Hall–Kier alpha value is -2.83. The molecule has 0 aliphatic carbocycles. The molecule has 1 saturated heterocycles. The van der Waals surface area contributed by atoms with Crippen LogP contribution in [0.3, 0.4) is 0 Å². The molecule has 1 aliphatic heterocycles. The number of morpholine rings is 1. The molecule has 132 valence electrons. The minimum Gasteiger partial charge on any atom is -0.367 e. The number of pyridine rings is 1. The van der Waals surface area contributed by atoms with Crippen molar-refractivity contribution < 1.29 is 9.26 Å². The first-order valence-corrected chi connectivity index (χ1v) is 8.67. The predicted octanol–water partition coefficient (Wildman–Crippen LogP) is 3.21. The molecule has 0 radical (unpaired) electrons. The van der Waals surface area contributed by atoms with Crippen molar-refractivity contribution >= 4 is 12.2 Å². The molecule has 26 heavy (non-hydrogen) atoms. The van der Waals surface area contributed by atoms with E-state index in [1.165, 1.54) is 5.56 Å². The van der Waals surface area contributed by atoms with Gasteiger partial charge in [-0.2, -0.15) is 4.98 Å². The summed E-state index contributed by atoms with van der Waals surface area (Å²) in [6, 6.07) is 16.2. The van der Waals surface area contributed by atoms with E-state index in [4.69, 9.17) is 9.26 Å². The van der Waals surface area contributed by atoms with Gasteiger partial charge in [-0.05, 0) is 23.8 Å². The number of hydrogen-bond acceptors (Lipinski definition) is 6. The van der Waals surface area contributed by atoms with Crippen LogP contribution in [-0.2, 0) is 11.3 Å². The van der Waals surface area contributed by atoms with Crippen LogP contribution in [0, 0.1) is 0 Å². The highest BCUT2D eigenvalue weighted by Crippen LogP contribution is 2.21. The van der Waals surface area contributed by atoms with Gasteiger partial charge in [0.1, 0.15) is 6.10 Å². The Bertz CT molecular complexity index is 849. The van der Waals surface area contributed by atoms with Crippen LogP contribution in [0.15, 0.2) is 59.3 Å². The van der Waals surface area contributed by atoms with Gasteiger partial charge in [-0.15, -0.1) is 0 Å². The van der Waals surface area contributed by atoms with Crippen molar-refractivity contribution in [2.24, 2.45) is 0 Å². The van der Waals surface area contributed by atoms with Crippen LogP contribution >= 0.6 is 0 Å². The third-order valence-corrected chi connectivity index (χ3v) is 4.23. The molecule has 3 aromatic rings.